The van der Waals surface area contributed by atoms with Gasteiger partial charge in [-0.15, -0.1) is 0 Å². The molecule has 68 valence electrons. The molecule has 0 aliphatic carbocycles. The van der Waals surface area contributed by atoms with E-state index in [4.69, 9.17) is 5.11 Å². The van der Waals surface area contributed by atoms with Gasteiger partial charge >= 0.3 is 6.03 Å². The summed E-state index contributed by atoms with van der Waals surface area (Å²) in [6.45, 7) is 0.320. The summed E-state index contributed by atoms with van der Waals surface area (Å²) in [5.41, 5.74) is 0. The molecule has 0 saturated heterocycles. The molecule has 5 heteroatoms. The van der Waals surface area contributed by atoms with Gasteiger partial charge in [-0.3, -0.25) is 0 Å². The summed E-state index contributed by atoms with van der Waals surface area (Å²) >= 11 is 0. The van der Waals surface area contributed by atoms with Crippen LogP contribution in [0.2, 0.25) is 0 Å². The number of quaternary nitrogens is 1. The molecule has 0 aromatic heterocycles. The first-order valence-corrected chi connectivity index (χ1v) is 3.19. The van der Waals surface area contributed by atoms with Gasteiger partial charge in [0.1, 0.15) is 0 Å². The highest BCUT2D eigenvalue weighted by Crippen LogP contribution is 1.89. The van der Waals surface area contributed by atoms with Crippen molar-refractivity contribution in [1.82, 2.24) is 5.32 Å². The van der Waals surface area contributed by atoms with Crippen molar-refractivity contribution in [3.05, 3.63) is 0 Å². The standard InChI is InChI=1S/C6H14N2O2.ClH/c1-8(2,3)6(10)7-4-5-9;/h9H,4-5H2,1-3H3;1H. The molecule has 0 rings (SSSR count). The zero-order valence-electron chi connectivity index (χ0n) is 7.09. The fourth-order valence-corrected chi connectivity index (χ4v) is 0.400. The van der Waals surface area contributed by atoms with Crippen LogP contribution in [0.5, 0.6) is 0 Å². The summed E-state index contributed by atoms with van der Waals surface area (Å²) in [6.07, 6.45) is 0. The molecule has 0 bridgehead atoms. The average molecular weight is 183 g/mol. The molecule has 0 aliphatic heterocycles. The summed E-state index contributed by atoms with van der Waals surface area (Å²) in [6, 6.07) is -0.0888. The van der Waals surface area contributed by atoms with E-state index in [0.29, 0.717) is 6.54 Å². The number of urea groups is 1. The molecular formula is C6H15ClN2O2. The molecule has 0 unspecified atom stereocenters. The van der Waals surface area contributed by atoms with Crippen molar-refractivity contribution in [2.45, 2.75) is 0 Å². The second kappa shape index (κ2) is 5.35. The number of amides is 2. The van der Waals surface area contributed by atoms with Gasteiger partial charge in [0.2, 0.25) is 0 Å². The molecule has 11 heavy (non-hydrogen) atoms. The number of nitrogens with zero attached hydrogens (tertiary/aromatic N) is 1. The van der Waals surface area contributed by atoms with E-state index in [9.17, 15) is 4.79 Å². The lowest BCUT2D eigenvalue weighted by atomic mass is 10.6. The lowest BCUT2D eigenvalue weighted by molar-refractivity contribution is -0.787. The summed E-state index contributed by atoms with van der Waals surface area (Å²) < 4.78 is 0.236. The topological polar surface area (TPSA) is 49.3 Å². The quantitative estimate of drug-likeness (QED) is 0.434. The van der Waals surface area contributed by atoms with E-state index in [1.807, 2.05) is 0 Å². The first-order valence-electron chi connectivity index (χ1n) is 3.19. The highest BCUT2D eigenvalue weighted by atomic mass is 35.5. The van der Waals surface area contributed by atoms with E-state index < -0.39 is 0 Å². The van der Waals surface area contributed by atoms with Gasteiger partial charge in [-0.2, -0.15) is 0 Å². The summed E-state index contributed by atoms with van der Waals surface area (Å²) in [4.78, 5) is 11.0. The molecule has 0 atom stereocenters. The van der Waals surface area contributed by atoms with Gasteiger partial charge in [0.25, 0.3) is 0 Å². The van der Waals surface area contributed by atoms with Gasteiger partial charge in [-0.1, -0.05) is 0 Å². The van der Waals surface area contributed by atoms with Gasteiger partial charge in [-0.25, -0.2) is 9.28 Å². The maximum Gasteiger partial charge on any atom is 0.416 e. The van der Waals surface area contributed by atoms with Crippen molar-refractivity contribution < 1.29 is 26.8 Å². The van der Waals surface area contributed by atoms with Gasteiger partial charge in [0.05, 0.1) is 27.7 Å². The fraction of sp³-hybridized carbons (Fsp3) is 0.833. The number of nitrogens with one attached hydrogen (secondary N) is 1. The number of aliphatic hydroxyl groups excluding tert-OH is 1. The van der Waals surface area contributed by atoms with Crippen LogP contribution in [0.25, 0.3) is 0 Å². The van der Waals surface area contributed by atoms with Crippen molar-refractivity contribution in [2.75, 3.05) is 34.3 Å². The first kappa shape index (κ1) is 13.3. The first-order chi connectivity index (χ1) is 4.48. The van der Waals surface area contributed by atoms with Crippen LogP contribution in [0.4, 0.5) is 4.79 Å². The SMILES string of the molecule is C[N+](C)(C)C(=O)NCCO.[Cl-]. The molecule has 0 radical (unpaired) electrons. The third kappa shape index (κ3) is 6.09. The van der Waals surface area contributed by atoms with E-state index in [1.54, 1.807) is 21.1 Å². The molecule has 2 N–H and O–H groups in total. The van der Waals surface area contributed by atoms with Crippen molar-refractivity contribution >= 4 is 6.03 Å². The number of carbonyl (C=O) groups is 1. The van der Waals surface area contributed by atoms with Gasteiger partial charge < -0.3 is 22.8 Å². The van der Waals surface area contributed by atoms with Crippen LogP contribution in [0.1, 0.15) is 0 Å². The molecule has 0 aromatic rings. The third-order valence-corrected chi connectivity index (χ3v) is 0.997. The Kier molecular flexibility index (Phi) is 6.46. The Morgan fingerprint density at radius 1 is 1.45 bits per heavy atom. The lowest BCUT2D eigenvalue weighted by Gasteiger charge is -2.20. The Morgan fingerprint density at radius 2 is 1.91 bits per heavy atom. The number of halogens is 1. The van der Waals surface area contributed by atoms with E-state index >= 15 is 0 Å². The number of hydrogen-bond acceptors (Lipinski definition) is 2. The highest BCUT2D eigenvalue weighted by Gasteiger charge is 2.18. The Morgan fingerprint density at radius 3 is 2.18 bits per heavy atom. The van der Waals surface area contributed by atoms with Crippen LogP contribution in [-0.2, 0) is 0 Å². The second-order valence-electron chi connectivity index (χ2n) is 2.97. The van der Waals surface area contributed by atoms with Gasteiger partial charge in [0, 0.05) is 6.54 Å². The molecule has 0 fully saturated rings. The van der Waals surface area contributed by atoms with Crippen molar-refractivity contribution in [1.29, 1.82) is 0 Å². The third-order valence-electron chi connectivity index (χ3n) is 0.997. The maximum atomic E-state index is 11.0. The Hall–Kier alpha value is -0.320. The largest absolute Gasteiger partial charge is 1.00 e. The van der Waals surface area contributed by atoms with E-state index in [-0.39, 0.29) is 29.5 Å². The van der Waals surface area contributed by atoms with Crippen LogP contribution in [0.15, 0.2) is 0 Å². The molecular weight excluding hydrogens is 168 g/mol. The number of rotatable bonds is 2. The lowest BCUT2D eigenvalue weighted by Crippen LogP contribution is -3.00. The molecule has 4 nitrogen and oxygen atoms in total. The molecule has 2 amide bonds. The molecule has 0 aliphatic rings. The molecule has 0 heterocycles. The smallest absolute Gasteiger partial charge is 0.416 e. The molecule has 0 spiro atoms. The number of aliphatic hydroxyl groups is 1. The predicted octanol–water partition coefficient (Wildman–Crippen LogP) is -3.60. The number of hydrogen-bond donors (Lipinski definition) is 2. The van der Waals surface area contributed by atoms with E-state index in [2.05, 4.69) is 5.32 Å². The normalized spacial score (nSPS) is 10.2. The van der Waals surface area contributed by atoms with Crippen LogP contribution in [-0.4, -0.2) is 49.9 Å². The van der Waals surface area contributed by atoms with Crippen LogP contribution < -0.4 is 17.7 Å². The van der Waals surface area contributed by atoms with E-state index in [1.165, 1.54) is 0 Å². The van der Waals surface area contributed by atoms with Gasteiger partial charge in [-0.05, 0) is 0 Å². The average Bonchev–Trinajstić information content (AvgIpc) is 1.80. The predicted molar refractivity (Wildman–Crippen MR) is 38.5 cm³/mol. The van der Waals surface area contributed by atoms with Crippen LogP contribution in [0.3, 0.4) is 0 Å². The second-order valence-corrected chi connectivity index (χ2v) is 2.97. The zero-order chi connectivity index (χ0) is 8.20. The zero-order valence-corrected chi connectivity index (χ0v) is 7.85. The minimum absolute atomic E-state index is 0. The Labute approximate surface area is 73.2 Å². The van der Waals surface area contributed by atoms with E-state index in [0.717, 1.165) is 0 Å². The number of carbonyl (C=O) groups excluding carboxylic acids is 1. The summed E-state index contributed by atoms with van der Waals surface area (Å²) in [7, 11) is 5.31. The monoisotopic (exact) mass is 182 g/mol. The van der Waals surface area contributed by atoms with Crippen molar-refractivity contribution in [3.8, 4) is 0 Å². The fourth-order valence-electron chi connectivity index (χ4n) is 0.400. The van der Waals surface area contributed by atoms with Crippen molar-refractivity contribution in [3.63, 3.8) is 0 Å². The van der Waals surface area contributed by atoms with Crippen molar-refractivity contribution in [2.24, 2.45) is 0 Å². The Balaban J connectivity index is 0. The minimum atomic E-state index is -0.0888. The van der Waals surface area contributed by atoms with Crippen LogP contribution in [0, 0.1) is 0 Å². The summed E-state index contributed by atoms with van der Waals surface area (Å²) in [5.74, 6) is 0. The maximum absolute atomic E-state index is 11.0. The molecule has 0 aromatic carbocycles. The Bertz CT molecular complexity index is 122. The van der Waals surface area contributed by atoms with Gasteiger partial charge in [0.15, 0.2) is 0 Å². The molecule has 0 saturated carbocycles. The highest BCUT2D eigenvalue weighted by molar-refractivity contribution is 5.66. The minimum Gasteiger partial charge on any atom is -1.00 e. The summed E-state index contributed by atoms with van der Waals surface area (Å²) in [5, 5.41) is 10.9. The van der Waals surface area contributed by atoms with Crippen LogP contribution >= 0.6 is 0 Å².